The first kappa shape index (κ1) is 10.6. The largest absolute Gasteiger partial charge is 0.307 e. The van der Waals surface area contributed by atoms with Crippen molar-refractivity contribution in [3.8, 4) is 0 Å². The molecule has 0 aliphatic carbocycles. The van der Waals surface area contributed by atoms with Crippen LogP contribution in [0.5, 0.6) is 0 Å². The third-order valence-corrected chi connectivity index (χ3v) is 3.29. The number of nitrogens with one attached hydrogen (secondary N) is 1. The first-order valence-electron chi connectivity index (χ1n) is 5.59. The van der Waals surface area contributed by atoms with Crippen molar-refractivity contribution >= 4 is 0 Å². The summed E-state index contributed by atoms with van der Waals surface area (Å²) in [6.07, 6.45) is 1.58. The van der Waals surface area contributed by atoms with E-state index in [4.69, 9.17) is 0 Å². The highest BCUT2D eigenvalue weighted by Gasteiger charge is 2.37. The van der Waals surface area contributed by atoms with Crippen LogP contribution in [0.15, 0.2) is 24.3 Å². The molecule has 82 valence electrons. The summed E-state index contributed by atoms with van der Waals surface area (Å²) in [5.74, 6) is 0. The van der Waals surface area contributed by atoms with Crippen LogP contribution in [0.1, 0.15) is 36.9 Å². The van der Waals surface area contributed by atoms with E-state index in [-0.39, 0.29) is 6.04 Å². The van der Waals surface area contributed by atoms with E-state index in [0.717, 1.165) is 18.5 Å². The molecule has 1 nitrogen and oxygen atoms in total. The summed E-state index contributed by atoms with van der Waals surface area (Å²) in [5, 5.41) is 3.29. The van der Waals surface area contributed by atoms with E-state index in [2.05, 4.69) is 5.32 Å². The zero-order chi connectivity index (χ0) is 10.9. The van der Waals surface area contributed by atoms with Gasteiger partial charge in [-0.3, -0.25) is 0 Å². The van der Waals surface area contributed by atoms with Gasteiger partial charge >= 0.3 is 0 Å². The summed E-state index contributed by atoms with van der Waals surface area (Å²) in [7, 11) is 0. The lowest BCUT2D eigenvalue weighted by molar-refractivity contribution is 0.0880. The minimum atomic E-state index is -1.12. The summed E-state index contributed by atoms with van der Waals surface area (Å²) in [5.41, 5.74) is 1.15. The van der Waals surface area contributed by atoms with E-state index in [1.54, 1.807) is 6.92 Å². The maximum atomic E-state index is 14.3. The van der Waals surface area contributed by atoms with Crippen molar-refractivity contribution in [2.75, 3.05) is 6.54 Å². The molecule has 15 heavy (non-hydrogen) atoms. The van der Waals surface area contributed by atoms with Crippen molar-refractivity contribution in [1.29, 1.82) is 0 Å². The van der Waals surface area contributed by atoms with E-state index in [0.29, 0.717) is 6.42 Å². The standard InChI is InChI=1S/C13H18FN/c1-10-6-3-4-7-11(10)12-13(2,14)8-5-9-15-12/h3-4,6-7,12,15H,5,8-9H2,1-2H3. The van der Waals surface area contributed by atoms with E-state index in [1.807, 2.05) is 31.2 Å². The second kappa shape index (κ2) is 3.93. The van der Waals surface area contributed by atoms with Gasteiger partial charge in [-0.1, -0.05) is 24.3 Å². The van der Waals surface area contributed by atoms with E-state index in [9.17, 15) is 4.39 Å². The zero-order valence-corrected chi connectivity index (χ0v) is 9.39. The van der Waals surface area contributed by atoms with E-state index in [1.165, 1.54) is 5.56 Å². The summed E-state index contributed by atoms with van der Waals surface area (Å²) in [6, 6.07) is 7.90. The predicted molar refractivity (Wildman–Crippen MR) is 60.7 cm³/mol. The van der Waals surface area contributed by atoms with Crippen LogP contribution < -0.4 is 5.32 Å². The lowest BCUT2D eigenvalue weighted by Gasteiger charge is -2.36. The van der Waals surface area contributed by atoms with Gasteiger partial charge in [0.2, 0.25) is 0 Å². The molecular formula is C13H18FN. The van der Waals surface area contributed by atoms with Gasteiger partial charge < -0.3 is 5.32 Å². The topological polar surface area (TPSA) is 12.0 Å². The van der Waals surface area contributed by atoms with Gasteiger partial charge in [0.05, 0.1) is 6.04 Å². The molecule has 2 unspecified atom stereocenters. The average Bonchev–Trinajstić information content (AvgIpc) is 2.19. The molecule has 2 rings (SSSR count). The number of rotatable bonds is 1. The van der Waals surface area contributed by atoms with Gasteiger partial charge in [0.25, 0.3) is 0 Å². The maximum Gasteiger partial charge on any atom is 0.127 e. The number of benzene rings is 1. The highest BCUT2D eigenvalue weighted by atomic mass is 19.1. The molecule has 1 heterocycles. The zero-order valence-electron chi connectivity index (χ0n) is 9.39. The van der Waals surface area contributed by atoms with E-state index >= 15 is 0 Å². The summed E-state index contributed by atoms with van der Waals surface area (Å²) < 4.78 is 14.3. The van der Waals surface area contributed by atoms with Crippen molar-refractivity contribution in [2.24, 2.45) is 0 Å². The number of halogens is 1. The second-order valence-electron chi connectivity index (χ2n) is 4.63. The number of aryl methyl sites for hydroxylation is 1. The van der Waals surface area contributed by atoms with Crippen LogP contribution in [-0.4, -0.2) is 12.2 Å². The van der Waals surface area contributed by atoms with Gasteiger partial charge in [-0.25, -0.2) is 4.39 Å². The smallest absolute Gasteiger partial charge is 0.127 e. The molecule has 1 aliphatic rings. The van der Waals surface area contributed by atoms with Gasteiger partial charge in [-0.2, -0.15) is 0 Å². The van der Waals surface area contributed by atoms with Crippen LogP contribution in [0.3, 0.4) is 0 Å². The Hall–Kier alpha value is -0.890. The van der Waals surface area contributed by atoms with Gasteiger partial charge in [0.15, 0.2) is 0 Å². The minimum Gasteiger partial charge on any atom is -0.307 e. The van der Waals surface area contributed by atoms with Crippen molar-refractivity contribution in [2.45, 2.75) is 38.4 Å². The number of alkyl halides is 1. The highest BCUT2D eigenvalue weighted by molar-refractivity contribution is 5.31. The van der Waals surface area contributed by atoms with Gasteiger partial charge in [-0.15, -0.1) is 0 Å². The van der Waals surface area contributed by atoms with Crippen molar-refractivity contribution in [3.05, 3.63) is 35.4 Å². The fourth-order valence-electron chi connectivity index (χ4n) is 2.38. The molecule has 1 fully saturated rings. The number of hydrogen-bond acceptors (Lipinski definition) is 1. The van der Waals surface area contributed by atoms with Crippen LogP contribution in [0.4, 0.5) is 4.39 Å². The SMILES string of the molecule is Cc1ccccc1C1NCCCC1(C)F. The van der Waals surface area contributed by atoms with Crippen LogP contribution in [0.25, 0.3) is 0 Å². The Bertz CT molecular complexity index is 346. The molecule has 0 bridgehead atoms. The Kier molecular flexibility index (Phi) is 2.79. The summed E-state index contributed by atoms with van der Waals surface area (Å²) in [4.78, 5) is 0. The molecule has 1 N–H and O–H groups in total. The first-order valence-corrected chi connectivity index (χ1v) is 5.59. The number of piperidine rings is 1. The number of hydrogen-bond donors (Lipinski definition) is 1. The van der Waals surface area contributed by atoms with Gasteiger partial charge in [0.1, 0.15) is 5.67 Å². The van der Waals surface area contributed by atoms with E-state index < -0.39 is 5.67 Å². The normalized spacial score (nSPS) is 31.5. The molecule has 1 aromatic rings. The Balaban J connectivity index is 2.33. The molecule has 0 radical (unpaired) electrons. The Labute approximate surface area is 90.7 Å². The Morgan fingerprint density at radius 2 is 2.13 bits per heavy atom. The van der Waals surface area contributed by atoms with Crippen molar-refractivity contribution in [3.63, 3.8) is 0 Å². The average molecular weight is 207 g/mol. The fourth-order valence-corrected chi connectivity index (χ4v) is 2.38. The molecule has 1 aromatic carbocycles. The summed E-state index contributed by atoms with van der Waals surface area (Å²) in [6.45, 7) is 4.66. The first-order chi connectivity index (χ1) is 7.11. The van der Waals surface area contributed by atoms with Crippen molar-refractivity contribution in [1.82, 2.24) is 5.32 Å². The lowest BCUT2D eigenvalue weighted by atomic mass is 9.83. The van der Waals surface area contributed by atoms with Gasteiger partial charge in [0, 0.05) is 0 Å². The van der Waals surface area contributed by atoms with Crippen LogP contribution in [0.2, 0.25) is 0 Å². The fraction of sp³-hybridized carbons (Fsp3) is 0.538. The lowest BCUT2D eigenvalue weighted by Crippen LogP contribution is -2.43. The van der Waals surface area contributed by atoms with Gasteiger partial charge in [-0.05, 0) is 44.4 Å². The molecular weight excluding hydrogens is 189 g/mol. The molecule has 1 saturated heterocycles. The molecule has 0 spiro atoms. The third-order valence-electron chi connectivity index (χ3n) is 3.29. The molecule has 0 aromatic heterocycles. The van der Waals surface area contributed by atoms with Crippen molar-refractivity contribution < 1.29 is 4.39 Å². The monoisotopic (exact) mass is 207 g/mol. The third kappa shape index (κ3) is 2.05. The molecule has 0 amide bonds. The summed E-state index contributed by atoms with van der Waals surface area (Å²) >= 11 is 0. The van der Waals surface area contributed by atoms with Crippen LogP contribution in [0, 0.1) is 6.92 Å². The molecule has 2 heteroatoms. The second-order valence-corrected chi connectivity index (χ2v) is 4.63. The van der Waals surface area contributed by atoms with Crippen LogP contribution >= 0.6 is 0 Å². The minimum absolute atomic E-state index is 0.146. The molecule has 1 aliphatic heterocycles. The Morgan fingerprint density at radius 1 is 1.40 bits per heavy atom. The Morgan fingerprint density at radius 3 is 2.80 bits per heavy atom. The predicted octanol–water partition coefficient (Wildman–Crippen LogP) is 3.15. The van der Waals surface area contributed by atoms with Crippen LogP contribution in [-0.2, 0) is 0 Å². The highest BCUT2D eigenvalue weighted by Crippen LogP contribution is 2.37. The maximum absolute atomic E-state index is 14.3. The molecule has 2 atom stereocenters. The quantitative estimate of drug-likeness (QED) is 0.746. The molecule has 0 saturated carbocycles.